The molecule has 0 radical (unpaired) electrons. The fourth-order valence-corrected chi connectivity index (χ4v) is 2.85. The first kappa shape index (κ1) is 16.2. The van der Waals surface area contributed by atoms with Crippen LogP contribution in [0.3, 0.4) is 0 Å². The first-order valence-electron chi connectivity index (χ1n) is 8.21. The molecule has 0 atom stereocenters. The molecule has 0 bridgehead atoms. The number of aryl methyl sites for hydroxylation is 1. The van der Waals surface area contributed by atoms with Crippen LogP contribution in [0.5, 0.6) is 0 Å². The summed E-state index contributed by atoms with van der Waals surface area (Å²) in [5.74, 6) is -0.0395. The van der Waals surface area contributed by atoms with Gasteiger partial charge in [0.25, 0.3) is 11.8 Å². The van der Waals surface area contributed by atoms with Gasteiger partial charge in [0.05, 0.1) is 0 Å². The number of pyridine rings is 1. The predicted octanol–water partition coefficient (Wildman–Crippen LogP) is 2.38. The lowest BCUT2D eigenvalue weighted by Gasteiger charge is -2.22. The summed E-state index contributed by atoms with van der Waals surface area (Å²) in [4.78, 5) is 32.9. The van der Waals surface area contributed by atoms with Crippen molar-refractivity contribution in [2.24, 2.45) is 0 Å². The second-order valence-corrected chi connectivity index (χ2v) is 6.02. The van der Waals surface area contributed by atoms with E-state index in [4.69, 9.17) is 0 Å². The van der Waals surface area contributed by atoms with Gasteiger partial charge in [-0.05, 0) is 37.6 Å². The van der Waals surface area contributed by atoms with Crippen molar-refractivity contribution in [3.63, 3.8) is 0 Å². The SMILES string of the molecule is Cc1ccc(C(=O)N2CCCN(C(=O)c3ccccn3)CC2)cc1. The molecule has 24 heavy (non-hydrogen) atoms. The fraction of sp³-hybridized carbons (Fsp3) is 0.316. The van der Waals surface area contributed by atoms with Crippen LogP contribution in [0.4, 0.5) is 0 Å². The van der Waals surface area contributed by atoms with Crippen molar-refractivity contribution < 1.29 is 9.59 Å². The van der Waals surface area contributed by atoms with Gasteiger partial charge in [-0.3, -0.25) is 14.6 Å². The molecule has 0 saturated carbocycles. The third-order valence-corrected chi connectivity index (χ3v) is 4.25. The Morgan fingerprint density at radius 1 is 0.875 bits per heavy atom. The van der Waals surface area contributed by atoms with Crippen molar-refractivity contribution in [1.82, 2.24) is 14.8 Å². The first-order valence-corrected chi connectivity index (χ1v) is 8.21. The molecule has 1 aliphatic heterocycles. The van der Waals surface area contributed by atoms with Crippen molar-refractivity contribution in [3.05, 3.63) is 65.5 Å². The zero-order valence-electron chi connectivity index (χ0n) is 13.8. The molecule has 3 rings (SSSR count). The molecule has 2 amide bonds. The fourth-order valence-electron chi connectivity index (χ4n) is 2.85. The van der Waals surface area contributed by atoms with Crippen LogP contribution in [-0.2, 0) is 0 Å². The van der Waals surface area contributed by atoms with E-state index in [1.54, 1.807) is 23.2 Å². The molecule has 5 nitrogen and oxygen atoms in total. The highest BCUT2D eigenvalue weighted by atomic mass is 16.2. The Labute approximate surface area is 141 Å². The molecule has 0 unspecified atom stereocenters. The third-order valence-electron chi connectivity index (χ3n) is 4.25. The van der Waals surface area contributed by atoms with Crippen LogP contribution in [0.1, 0.15) is 32.8 Å². The van der Waals surface area contributed by atoms with E-state index in [0.717, 1.165) is 12.0 Å². The lowest BCUT2D eigenvalue weighted by molar-refractivity contribution is 0.0715. The Bertz CT molecular complexity index is 713. The van der Waals surface area contributed by atoms with Crippen molar-refractivity contribution in [1.29, 1.82) is 0 Å². The summed E-state index contributed by atoms with van der Waals surface area (Å²) >= 11 is 0. The summed E-state index contributed by atoms with van der Waals surface area (Å²) in [6, 6.07) is 12.9. The average molecular weight is 323 g/mol. The molecule has 1 fully saturated rings. The molecular formula is C19H21N3O2. The van der Waals surface area contributed by atoms with Crippen LogP contribution >= 0.6 is 0 Å². The van der Waals surface area contributed by atoms with Gasteiger partial charge in [-0.1, -0.05) is 23.8 Å². The molecule has 0 N–H and O–H groups in total. The summed E-state index contributed by atoms with van der Waals surface area (Å²) in [6.07, 6.45) is 2.40. The second-order valence-electron chi connectivity index (χ2n) is 6.02. The maximum absolute atomic E-state index is 12.6. The van der Waals surface area contributed by atoms with Gasteiger partial charge < -0.3 is 9.80 Å². The largest absolute Gasteiger partial charge is 0.337 e. The van der Waals surface area contributed by atoms with Gasteiger partial charge in [0.15, 0.2) is 0 Å². The molecule has 2 aromatic rings. The minimum Gasteiger partial charge on any atom is -0.337 e. The number of aromatic nitrogens is 1. The number of benzene rings is 1. The standard InChI is InChI=1S/C19H21N3O2/c1-15-6-8-16(9-7-15)18(23)21-11-4-12-22(14-13-21)19(24)17-5-2-3-10-20-17/h2-3,5-10H,4,11-14H2,1H3. The van der Waals surface area contributed by atoms with Gasteiger partial charge >= 0.3 is 0 Å². The Morgan fingerprint density at radius 3 is 2.17 bits per heavy atom. The van der Waals surface area contributed by atoms with Gasteiger partial charge in [0, 0.05) is 37.9 Å². The Kier molecular flexibility index (Phi) is 4.89. The number of nitrogens with zero attached hydrogens (tertiary/aromatic N) is 3. The van der Waals surface area contributed by atoms with Gasteiger partial charge in [-0.15, -0.1) is 0 Å². The van der Waals surface area contributed by atoms with Crippen LogP contribution in [0, 0.1) is 6.92 Å². The van der Waals surface area contributed by atoms with E-state index in [-0.39, 0.29) is 11.8 Å². The summed E-state index contributed by atoms with van der Waals surface area (Å²) in [7, 11) is 0. The molecule has 1 aliphatic rings. The zero-order valence-corrected chi connectivity index (χ0v) is 13.8. The maximum atomic E-state index is 12.6. The van der Waals surface area contributed by atoms with Crippen LogP contribution in [0.25, 0.3) is 0 Å². The summed E-state index contributed by atoms with van der Waals surface area (Å²) in [5, 5.41) is 0. The van der Waals surface area contributed by atoms with E-state index in [1.165, 1.54) is 0 Å². The Hall–Kier alpha value is -2.69. The summed E-state index contributed by atoms with van der Waals surface area (Å²) < 4.78 is 0. The molecule has 1 aromatic carbocycles. The van der Waals surface area contributed by atoms with E-state index in [9.17, 15) is 9.59 Å². The van der Waals surface area contributed by atoms with Crippen LogP contribution in [0.15, 0.2) is 48.7 Å². The van der Waals surface area contributed by atoms with Gasteiger partial charge in [0.1, 0.15) is 5.69 Å². The van der Waals surface area contributed by atoms with Gasteiger partial charge in [0.2, 0.25) is 0 Å². The van der Waals surface area contributed by atoms with Crippen LogP contribution < -0.4 is 0 Å². The first-order chi connectivity index (χ1) is 11.6. The lowest BCUT2D eigenvalue weighted by atomic mass is 10.1. The lowest BCUT2D eigenvalue weighted by Crippen LogP contribution is -2.37. The second kappa shape index (κ2) is 7.25. The Morgan fingerprint density at radius 2 is 1.54 bits per heavy atom. The number of rotatable bonds is 2. The van der Waals surface area contributed by atoms with Crippen molar-refractivity contribution in [2.45, 2.75) is 13.3 Å². The average Bonchev–Trinajstić information content (AvgIpc) is 2.88. The quantitative estimate of drug-likeness (QED) is 0.852. The maximum Gasteiger partial charge on any atom is 0.272 e. The minimum absolute atomic E-state index is 0.0298. The van der Waals surface area contributed by atoms with Crippen molar-refractivity contribution in [3.8, 4) is 0 Å². The molecule has 0 spiro atoms. The smallest absolute Gasteiger partial charge is 0.272 e. The number of hydrogen-bond acceptors (Lipinski definition) is 3. The number of carbonyl (C=O) groups is 2. The molecule has 1 saturated heterocycles. The molecule has 1 aromatic heterocycles. The van der Waals surface area contributed by atoms with E-state index >= 15 is 0 Å². The highest BCUT2D eigenvalue weighted by molar-refractivity contribution is 5.94. The number of amides is 2. The predicted molar refractivity (Wildman–Crippen MR) is 91.8 cm³/mol. The van der Waals surface area contributed by atoms with Gasteiger partial charge in [-0.25, -0.2) is 0 Å². The topological polar surface area (TPSA) is 53.5 Å². The molecular weight excluding hydrogens is 302 g/mol. The molecule has 124 valence electrons. The van der Waals surface area contributed by atoms with E-state index < -0.39 is 0 Å². The minimum atomic E-state index is -0.0692. The number of carbonyl (C=O) groups excluding carboxylic acids is 2. The Balaban J connectivity index is 1.65. The van der Waals surface area contributed by atoms with E-state index in [0.29, 0.717) is 37.4 Å². The third kappa shape index (κ3) is 3.62. The molecule has 2 heterocycles. The monoisotopic (exact) mass is 323 g/mol. The summed E-state index contributed by atoms with van der Waals surface area (Å²) in [5.41, 5.74) is 2.29. The summed E-state index contributed by atoms with van der Waals surface area (Å²) in [6.45, 7) is 4.39. The highest BCUT2D eigenvalue weighted by Gasteiger charge is 2.23. The van der Waals surface area contributed by atoms with Gasteiger partial charge in [-0.2, -0.15) is 0 Å². The van der Waals surface area contributed by atoms with Crippen LogP contribution in [0.2, 0.25) is 0 Å². The van der Waals surface area contributed by atoms with Crippen molar-refractivity contribution in [2.75, 3.05) is 26.2 Å². The number of hydrogen-bond donors (Lipinski definition) is 0. The van der Waals surface area contributed by atoms with E-state index in [1.807, 2.05) is 42.2 Å². The molecule has 5 heteroatoms. The van der Waals surface area contributed by atoms with Crippen LogP contribution in [-0.4, -0.2) is 52.8 Å². The molecule has 0 aliphatic carbocycles. The van der Waals surface area contributed by atoms with Crippen molar-refractivity contribution >= 4 is 11.8 Å². The normalized spacial score (nSPS) is 15.0. The zero-order chi connectivity index (χ0) is 16.9. The highest BCUT2D eigenvalue weighted by Crippen LogP contribution is 2.12. The van der Waals surface area contributed by atoms with E-state index in [2.05, 4.69) is 4.98 Å².